The molecular formula is C11H15ClN2O2S2. The number of thioether (sulfide) groups is 1. The smallest absolute Gasteiger partial charge is 0.169 e. The lowest BCUT2D eigenvalue weighted by molar-refractivity contribution is 0.584. The number of hydrogen-bond acceptors (Lipinski definition) is 5. The first kappa shape index (κ1) is 14.0. The Balaban J connectivity index is 2.33. The summed E-state index contributed by atoms with van der Waals surface area (Å²) in [6.07, 6.45) is 2.97. The Bertz CT molecular complexity index is 522. The summed E-state index contributed by atoms with van der Waals surface area (Å²) in [5.74, 6) is 1.88. The molecule has 1 saturated heterocycles. The molecule has 18 heavy (non-hydrogen) atoms. The summed E-state index contributed by atoms with van der Waals surface area (Å²) in [6, 6.07) is 3.70. The van der Waals surface area contributed by atoms with E-state index >= 15 is 0 Å². The predicted molar refractivity (Wildman–Crippen MR) is 77.1 cm³/mol. The molecule has 0 saturated carbocycles. The molecule has 1 fully saturated rings. The van der Waals surface area contributed by atoms with Crippen molar-refractivity contribution in [3.63, 3.8) is 0 Å². The van der Waals surface area contributed by atoms with Crippen LogP contribution in [0.3, 0.4) is 0 Å². The van der Waals surface area contributed by atoms with Gasteiger partial charge in [0.1, 0.15) is 5.37 Å². The molecule has 0 aromatic carbocycles. The topological polar surface area (TPSA) is 50.3 Å². The average molecular weight is 307 g/mol. The van der Waals surface area contributed by atoms with E-state index in [1.165, 1.54) is 6.26 Å². The number of pyridine rings is 1. The van der Waals surface area contributed by atoms with Crippen LogP contribution < -0.4 is 4.90 Å². The second-order valence-electron chi connectivity index (χ2n) is 4.19. The maximum absolute atomic E-state index is 11.8. The Labute approximate surface area is 117 Å². The molecular weight excluding hydrogens is 292 g/mol. The van der Waals surface area contributed by atoms with Gasteiger partial charge in [0.25, 0.3) is 0 Å². The summed E-state index contributed by atoms with van der Waals surface area (Å²) in [4.78, 5) is 6.06. The molecule has 4 nitrogen and oxygen atoms in total. The van der Waals surface area contributed by atoms with Crippen molar-refractivity contribution >= 4 is 38.9 Å². The van der Waals surface area contributed by atoms with Crippen LogP contribution in [-0.2, 0) is 15.7 Å². The minimum absolute atomic E-state index is 0.333. The SMILES string of the molecule is CS(=O)(=O)C1CSCCN1c1ccnc(CCl)c1. The van der Waals surface area contributed by atoms with Crippen LogP contribution in [0.1, 0.15) is 5.69 Å². The molecule has 7 heteroatoms. The standard InChI is InChI=1S/C11H15ClN2O2S2/c1-18(15,16)11-8-17-5-4-14(11)10-2-3-13-9(6-10)7-12/h2-3,6,11H,4-5,7-8H2,1H3. The quantitative estimate of drug-likeness (QED) is 0.796. The van der Waals surface area contributed by atoms with Crippen molar-refractivity contribution < 1.29 is 8.42 Å². The van der Waals surface area contributed by atoms with Crippen LogP contribution in [0.4, 0.5) is 5.69 Å². The van der Waals surface area contributed by atoms with Crippen LogP contribution in [0, 0.1) is 0 Å². The largest absolute Gasteiger partial charge is 0.353 e. The summed E-state index contributed by atoms with van der Waals surface area (Å²) >= 11 is 7.44. The van der Waals surface area contributed by atoms with Crippen molar-refractivity contribution in [2.75, 3.05) is 29.2 Å². The maximum atomic E-state index is 11.8. The third-order valence-electron chi connectivity index (χ3n) is 2.85. The van der Waals surface area contributed by atoms with Crippen LogP contribution in [0.15, 0.2) is 18.3 Å². The normalized spacial score (nSPS) is 21.0. The number of rotatable bonds is 3. The summed E-state index contributed by atoms with van der Waals surface area (Å²) in [5.41, 5.74) is 1.65. The highest BCUT2D eigenvalue weighted by atomic mass is 35.5. The van der Waals surface area contributed by atoms with Gasteiger partial charge in [0.05, 0.1) is 11.6 Å². The van der Waals surface area contributed by atoms with Gasteiger partial charge in [0.15, 0.2) is 9.84 Å². The lowest BCUT2D eigenvalue weighted by Crippen LogP contribution is -2.47. The zero-order chi connectivity index (χ0) is 13.2. The van der Waals surface area contributed by atoms with Gasteiger partial charge in [-0.25, -0.2) is 8.42 Å². The average Bonchev–Trinajstić information content (AvgIpc) is 2.38. The number of nitrogens with zero attached hydrogens (tertiary/aromatic N) is 2. The molecule has 1 aliphatic rings. The van der Waals surface area contributed by atoms with Crippen molar-refractivity contribution in [3.8, 4) is 0 Å². The second-order valence-corrected chi connectivity index (χ2v) is 7.81. The third kappa shape index (κ3) is 3.10. The number of halogens is 1. The number of anilines is 1. The van der Waals surface area contributed by atoms with Gasteiger partial charge in [0.2, 0.25) is 0 Å². The molecule has 0 N–H and O–H groups in total. The van der Waals surface area contributed by atoms with Gasteiger partial charge in [-0.15, -0.1) is 11.6 Å². The highest BCUT2D eigenvalue weighted by molar-refractivity contribution is 8.01. The van der Waals surface area contributed by atoms with Crippen molar-refractivity contribution in [2.24, 2.45) is 0 Å². The fraction of sp³-hybridized carbons (Fsp3) is 0.545. The van der Waals surface area contributed by atoms with E-state index < -0.39 is 15.2 Å². The number of alkyl halides is 1. The van der Waals surface area contributed by atoms with Gasteiger partial charge in [0, 0.05) is 36.2 Å². The molecule has 1 aromatic heterocycles. The highest BCUT2D eigenvalue weighted by Crippen LogP contribution is 2.27. The summed E-state index contributed by atoms with van der Waals surface area (Å²) in [7, 11) is -3.09. The van der Waals surface area contributed by atoms with Crippen molar-refractivity contribution in [1.29, 1.82) is 0 Å². The molecule has 0 radical (unpaired) electrons. The maximum Gasteiger partial charge on any atom is 0.169 e. The monoisotopic (exact) mass is 306 g/mol. The second kappa shape index (κ2) is 5.67. The molecule has 0 amide bonds. The predicted octanol–water partition coefficient (Wildman–Crippen LogP) is 1.74. The van der Waals surface area contributed by atoms with Crippen molar-refractivity contribution in [1.82, 2.24) is 4.98 Å². The van der Waals surface area contributed by atoms with E-state index in [4.69, 9.17) is 11.6 Å². The Morgan fingerprint density at radius 2 is 2.39 bits per heavy atom. The zero-order valence-electron chi connectivity index (χ0n) is 10.0. The minimum atomic E-state index is -3.09. The molecule has 1 atom stereocenters. The van der Waals surface area contributed by atoms with E-state index in [2.05, 4.69) is 4.98 Å². The molecule has 0 bridgehead atoms. The Kier molecular flexibility index (Phi) is 4.40. The lowest BCUT2D eigenvalue weighted by Gasteiger charge is -2.35. The molecule has 0 aliphatic carbocycles. The first-order valence-corrected chi connectivity index (χ1v) is 9.21. The molecule has 1 unspecified atom stereocenters. The molecule has 100 valence electrons. The van der Waals surface area contributed by atoms with E-state index in [1.54, 1.807) is 18.0 Å². The summed E-state index contributed by atoms with van der Waals surface area (Å²) in [5, 5.41) is -0.457. The van der Waals surface area contributed by atoms with Gasteiger partial charge in [-0.05, 0) is 12.1 Å². The first-order chi connectivity index (χ1) is 8.52. The molecule has 2 rings (SSSR count). The Morgan fingerprint density at radius 3 is 3.06 bits per heavy atom. The number of hydrogen-bond donors (Lipinski definition) is 0. The minimum Gasteiger partial charge on any atom is -0.353 e. The number of aromatic nitrogens is 1. The van der Waals surface area contributed by atoms with E-state index in [0.717, 1.165) is 23.7 Å². The van der Waals surface area contributed by atoms with E-state index in [9.17, 15) is 8.42 Å². The van der Waals surface area contributed by atoms with Gasteiger partial charge < -0.3 is 4.90 Å². The van der Waals surface area contributed by atoms with Gasteiger partial charge >= 0.3 is 0 Å². The fourth-order valence-electron chi connectivity index (χ4n) is 1.95. The van der Waals surface area contributed by atoms with Crippen LogP contribution in [-0.4, -0.2) is 43.1 Å². The van der Waals surface area contributed by atoms with Gasteiger partial charge in [-0.3, -0.25) is 4.98 Å². The summed E-state index contributed by atoms with van der Waals surface area (Å²) < 4.78 is 23.7. The van der Waals surface area contributed by atoms with Crippen molar-refractivity contribution in [3.05, 3.63) is 24.0 Å². The molecule has 0 spiro atoms. The Morgan fingerprint density at radius 1 is 1.61 bits per heavy atom. The van der Waals surface area contributed by atoms with Gasteiger partial charge in [-0.1, -0.05) is 0 Å². The van der Waals surface area contributed by atoms with E-state index in [1.807, 2.05) is 17.0 Å². The first-order valence-electron chi connectivity index (χ1n) is 5.56. The van der Waals surface area contributed by atoms with Crippen LogP contribution in [0.25, 0.3) is 0 Å². The zero-order valence-corrected chi connectivity index (χ0v) is 12.4. The molecule has 2 heterocycles. The Hall–Kier alpha value is -0.460. The van der Waals surface area contributed by atoms with Crippen molar-refractivity contribution in [2.45, 2.75) is 11.3 Å². The van der Waals surface area contributed by atoms with Gasteiger partial charge in [-0.2, -0.15) is 11.8 Å². The van der Waals surface area contributed by atoms with Crippen LogP contribution in [0.5, 0.6) is 0 Å². The molecule has 1 aliphatic heterocycles. The third-order valence-corrected chi connectivity index (χ3v) is 5.76. The van der Waals surface area contributed by atoms with Crippen LogP contribution in [0.2, 0.25) is 0 Å². The summed E-state index contributed by atoms with van der Waals surface area (Å²) in [6.45, 7) is 0.730. The fourth-order valence-corrected chi connectivity index (χ4v) is 4.94. The van der Waals surface area contributed by atoms with E-state index in [0.29, 0.717) is 11.6 Å². The van der Waals surface area contributed by atoms with E-state index in [-0.39, 0.29) is 0 Å². The number of sulfone groups is 1. The highest BCUT2D eigenvalue weighted by Gasteiger charge is 2.31. The molecule has 1 aromatic rings. The van der Waals surface area contributed by atoms with Crippen LogP contribution >= 0.6 is 23.4 Å². The lowest BCUT2D eigenvalue weighted by atomic mass is 10.3.